The molecule has 0 radical (unpaired) electrons. The molecule has 11 nitrogen and oxygen atoms in total. The number of aliphatic hydroxyl groups is 1. The van der Waals surface area contributed by atoms with E-state index < -0.39 is 37.1 Å². The summed E-state index contributed by atoms with van der Waals surface area (Å²) in [5.74, 6) is -0.973. The summed E-state index contributed by atoms with van der Waals surface area (Å²) in [4.78, 5) is 36.1. The molecule has 3 saturated heterocycles. The maximum atomic E-state index is 16.9. The summed E-state index contributed by atoms with van der Waals surface area (Å²) in [6, 6.07) is 25.8. The molecule has 0 bridgehead atoms. The summed E-state index contributed by atoms with van der Waals surface area (Å²) < 4.78 is 25.8. The molecule has 4 aromatic rings. The van der Waals surface area contributed by atoms with Crippen molar-refractivity contribution in [2.75, 3.05) is 47.6 Å². The first-order chi connectivity index (χ1) is 29.8. The second-order valence-electron chi connectivity index (χ2n) is 18.5. The minimum absolute atomic E-state index is 0.0456. The Morgan fingerprint density at radius 1 is 0.984 bits per heavy atom. The van der Waals surface area contributed by atoms with Gasteiger partial charge in [0, 0.05) is 47.7 Å². The van der Waals surface area contributed by atoms with E-state index >= 15 is 8.90 Å². The Labute approximate surface area is 366 Å². The summed E-state index contributed by atoms with van der Waals surface area (Å²) >= 11 is 0. The Morgan fingerprint density at radius 2 is 1.69 bits per heavy atom. The second-order valence-corrected chi connectivity index (χ2v) is 22.3. The number of amides is 2. The van der Waals surface area contributed by atoms with E-state index in [0.717, 1.165) is 42.9 Å². The summed E-state index contributed by atoms with van der Waals surface area (Å²) in [6.07, 6.45) is 9.16. The molecule has 3 fully saturated rings. The van der Waals surface area contributed by atoms with Crippen molar-refractivity contribution >= 4 is 37.3 Å². The quantitative estimate of drug-likeness (QED) is 0.0741. The number of anilines is 3. The van der Waals surface area contributed by atoms with E-state index in [-0.39, 0.29) is 24.3 Å². The second kappa shape index (κ2) is 17.7. The normalized spacial score (nSPS) is 24.1. The predicted molar refractivity (Wildman–Crippen MR) is 245 cm³/mol. The van der Waals surface area contributed by atoms with Gasteiger partial charge >= 0.3 is 0 Å². The van der Waals surface area contributed by atoms with Crippen LogP contribution in [0.4, 0.5) is 21.2 Å². The Balaban J connectivity index is 1.15. The molecule has 4 aliphatic heterocycles. The van der Waals surface area contributed by atoms with Gasteiger partial charge in [-0.05, 0) is 115 Å². The summed E-state index contributed by atoms with van der Waals surface area (Å²) in [6.45, 7) is 14.2. The summed E-state index contributed by atoms with van der Waals surface area (Å²) in [7, 11) is -3.47. The Hall–Kier alpha value is -4.95. The maximum absolute atomic E-state index is 16.9. The van der Waals surface area contributed by atoms with Crippen molar-refractivity contribution in [3.63, 3.8) is 0 Å². The molecule has 1 aromatic heterocycles. The number of fused-ring (bicyclic) bond motifs is 2. The highest BCUT2D eigenvalue weighted by Crippen LogP contribution is 2.61. The molecule has 328 valence electrons. The number of hydrogen-bond acceptors (Lipinski definition) is 8. The zero-order valence-corrected chi connectivity index (χ0v) is 38.1. The van der Waals surface area contributed by atoms with Gasteiger partial charge in [0.25, 0.3) is 11.8 Å². The topological polar surface area (TPSA) is 116 Å². The molecule has 2 spiro atoms. The lowest BCUT2D eigenvalue weighted by atomic mass is 9.82. The fourth-order valence-electron chi connectivity index (χ4n) is 10.7. The van der Waals surface area contributed by atoms with Crippen LogP contribution < -0.4 is 20.0 Å². The average Bonchev–Trinajstić information content (AvgIpc) is 3.98. The number of para-hydroxylation sites is 1. The molecule has 2 N–H and O–H groups in total. The van der Waals surface area contributed by atoms with Crippen molar-refractivity contribution in [3.05, 3.63) is 125 Å². The molecule has 3 aromatic carbocycles. The number of nitrogens with one attached hydrogen (secondary N) is 1. The molecule has 4 aliphatic rings. The lowest BCUT2D eigenvalue weighted by Gasteiger charge is -2.39. The van der Waals surface area contributed by atoms with Gasteiger partial charge < -0.3 is 29.1 Å². The van der Waals surface area contributed by atoms with Gasteiger partial charge in [0.2, 0.25) is 8.41 Å². The van der Waals surface area contributed by atoms with Gasteiger partial charge in [-0.3, -0.25) is 19.2 Å². The first-order valence-electron chi connectivity index (χ1n) is 22.3. The van der Waals surface area contributed by atoms with Crippen LogP contribution in [-0.4, -0.2) is 84.9 Å². The molecular weight excluding hydrogens is 798 g/mol. The van der Waals surface area contributed by atoms with Gasteiger partial charge in [-0.2, -0.15) is 0 Å². The first-order valence-corrected chi connectivity index (χ1v) is 25.3. The maximum Gasteiger partial charge on any atom is 0.264 e. The zero-order chi connectivity index (χ0) is 43.8. The van der Waals surface area contributed by atoms with E-state index in [2.05, 4.69) is 65.6 Å². The van der Waals surface area contributed by atoms with Crippen molar-refractivity contribution in [2.45, 2.75) is 108 Å². The van der Waals surface area contributed by atoms with Crippen LogP contribution in [0.5, 0.6) is 0 Å². The van der Waals surface area contributed by atoms with Gasteiger partial charge in [0.15, 0.2) is 5.60 Å². The van der Waals surface area contributed by atoms with Gasteiger partial charge in [0.05, 0.1) is 36.7 Å². The van der Waals surface area contributed by atoms with E-state index in [0.29, 0.717) is 56.0 Å². The van der Waals surface area contributed by atoms with Crippen molar-refractivity contribution in [3.8, 4) is 0 Å². The third-order valence-electron chi connectivity index (χ3n) is 13.9. The first kappa shape index (κ1) is 43.7. The van der Waals surface area contributed by atoms with Crippen LogP contribution >= 0.6 is 0 Å². The molecule has 0 aliphatic carbocycles. The molecular formula is C49H62FN7O4Si. The SMILES string of the molecule is CC(C)=CCC/C(C)=C/CN1C(=O)[C@]2(O[C@H](CCn3cc(C(CO)c4ccccc4)nn3)[C@@H]([Si](C)(C)F)[C@@H]2C)c2cc(N3CN(c4ccccc4)C4(CCNCC4)C3=O)ccc21. The highest BCUT2D eigenvalue weighted by Gasteiger charge is 2.67. The highest BCUT2D eigenvalue weighted by atomic mass is 28.4. The number of allylic oxidation sites excluding steroid dienone is 3. The van der Waals surface area contributed by atoms with Gasteiger partial charge in [0.1, 0.15) is 5.54 Å². The average molecular weight is 860 g/mol. The molecule has 13 heteroatoms. The molecule has 5 atom stereocenters. The molecule has 62 heavy (non-hydrogen) atoms. The molecule has 8 rings (SSSR count). The Morgan fingerprint density at radius 3 is 2.37 bits per heavy atom. The number of piperidine rings is 1. The number of aromatic nitrogens is 3. The molecule has 5 heterocycles. The van der Waals surface area contributed by atoms with E-state index in [9.17, 15) is 9.90 Å². The zero-order valence-electron chi connectivity index (χ0n) is 37.1. The number of carbonyl (C=O) groups is 2. The Kier molecular flexibility index (Phi) is 12.4. The lowest BCUT2D eigenvalue weighted by Crippen LogP contribution is -2.55. The van der Waals surface area contributed by atoms with Crippen molar-refractivity contribution in [2.24, 2.45) is 5.92 Å². The van der Waals surface area contributed by atoms with Crippen molar-refractivity contribution < 1.29 is 23.5 Å². The number of aliphatic hydroxyl groups excluding tert-OH is 1. The van der Waals surface area contributed by atoms with Crippen molar-refractivity contribution in [1.82, 2.24) is 20.3 Å². The highest BCUT2D eigenvalue weighted by molar-refractivity contribution is 6.72. The fourth-order valence-corrected chi connectivity index (χ4v) is 13.2. The standard InChI is InChI=1S/C49H62FN7O4Si/c1-34(2)14-13-15-35(3)22-29-55-43-21-20-39(56-33-57(38-18-11-8-12-19-38)48(46(56)59)24-26-51-27-25-48)30-41(43)49(47(55)60)36(4)45(62(5,6)50)44(61-49)23-28-54-31-42(52-53-54)40(32-58)37-16-9-7-10-17-37/h7-12,14,16-22,30-31,36,40,44-45,51,58H,13,15,23-29,32-33H2,1-6H3/b35-22+/t36-,40?,44+,45-,49+/m0/s1. The smallest absolute Gasteiger partial charge is 0.264 e. The van der Waals surface area contributed by atoms with Crippen LogP contribution in [-0.2, 0) is 26.5 Å². The lowest BCUT2D eigenvalue weighted by molar-refractivity contribution is -0.145. The minimum atomic E-state index is -3.47. The van der Waals surface area contributed by atoms with Crippen LogP contribution in [0.15, 0.2) is 108 Å². The number of hydrogen-bond donors (Lipinski definition) is 2. The number of carbonyl (C=O) groups excluding carboxylic acids is 2. The molecule has 1 unspecified atom stereocenters. The predicted octanol–water partition coefficient (Wildman–Crippen LogP) is 8.24. The van der Waals surface area contributed by atoms with Gasteiger partial charge in [-0.1, -0.05) is 84.0 Å². The van der Waals surface area contributed by atoms with Crippen molar-refractivity contribution in [1.29, 1.82) is 0 Å². The Bertz CT molecular complexity index is 2300. The number of nitrogens with zero attached hydrogens (tertiary/aromatic N) is 6. The van der Waals surface area contributed by atoms with Gasteiger partial charge in [-0.15, -0.1) is 5.10 Å². The minimum Gasteiger partial charge on any atom is -0.395 e. The van der Waals surface area contributed by atoms with E-state index in [1.54, 1.807) is 17.8 Å². The van der Waals surface area contributed by atoms with E-state index in [1.165, 1.54) is 11.1 Å². The third kappa shape index (κ3) is 7.97. The van der Waals surface area contributed by atoms with Crippen LogP contribution in [0.3, 0.4) is 0 Å². The van der Waals surface area contributed by atoms with Crippen LogP contribution in [0.25, 0.3) is 0 Å². The summed E-state index contributed by atoms with van der Waals surface area (Å²) in [5.41, 5.74) is 4.49. The third-order valence-corrected chi connectivity index (χ3v) is 16.3. The van der Waals surface area contributed by atoms with Crippen LogP contribution in [0, 0.1) is 5.92 Å². The van der Waals surface area contributed by atoms with Crippen LogP contribution in [0.1, 0.15) is 82.5 Å². The largest absolute Gasteiger partial charge is 0.395 e. The number of rotatable bonds is 14. The monoisotopic (exact) mass is 859 g/mol. The number of ether oxygens (including phenoxy) is 1. The molecule has 2 amide bonds. The van der Waals surface area contributed by atoms with Crippen LogP contribution in [0.2, 0.25) is 18.6 Å². The fraction of sp³-hybridized carbons (Fsp3) is 0.469. The number of benzene rings is 3. The van der Waals surface area contributed by atoms with E-state index in [1.807, 2.05) is 89.7 Å². The molecule has 0 saturated carbocycles. The van der Waals surface area contributed by atoms with E-state index in [4.69, 9.17) is 4.74 Å². The summed E-state index contributed by atoms with van der Waals surface area (Å²) in [5, 5.41) is 22.6. The number of halogens is 1. The van der Waals surface area contributed by atoms with Gasteiger partial charge in [-0.25, -0.2) is 0 Å². The number of aryl methyl sites for hydroxylation is 1.